The summed E-state index contributed by atoms with van der Waals surface area (Å²) in [6, 6.07) is 12.0. The molecule has 0 aromatic heterocycles. The van der Waals surface area contributed by atoms with Gasteiger partial charge in [-0.15, -0.1) is 0 Å². The van der Waals surface area contributed by atoms with Crippen molar-refractivity contribution >= 4 is 55.3 Å². The zero-order valence-corrected chi connectivity index (χ0v) is 21.3. The maximum atomic E-state index is 13.0. The second-order valence-electron chi connectivity index (χ2n) is 7.93. The van der Waals surface area contributed by atoms with Gasteiger partial charge >= 0.3 is 0 Å². The van der Waals surface area contributed by atoms with Crippen LogP contribution in [-0.4, -0.2) is 34.9 Å². The normalized spacial score (nSPS) is 12.2. The highest BCUT2D eigenvalue weighted by molar-refractivity contribution is 9.10. The van der Waals surface area contributed by atoms with Crippen LogP contribution in [0.15, 0.2) is 51.4 Å². The van der Waals surface area contributed by atoms with Crippen LogP contribution in [0.5, 0.6) is 5.75 Å². The van der Waals surface area contributed by atoms with Gasteiger partial charge in [-0.3, -0.25) is 9.59 Å². The Balaban J connectivity index is 2.18. The molecule has 0 saturated carbocycles. The Morgan fingerprint density at radius 2 is 1.77 bits per heavy atom. The number of nitrogens with zero attached hydrogens (tertiary/aromatic N) is 1. The number of carbonyl (C=O) groups excluding carboxylic acids is 2. The van der Waals surface area contributed by atoms with Crippen LogP contribution in [0.3, 0.4) is 0 Å². The SMILES string of the molecule is C[C@H](C(=O)NC(C)(C)C)N(Cc1ccc(Br)cc1)C(=O)COc1ccc(Cl)cc1Br. The van der Waals surface area contributed by atoms with Crippen molar-refractivity contribution < 1.29 is 14.3 Å². The maximum absolute atomic E-state index is 13.0. The minimum absolute atomic E-state index is 0.204. The van der Waals surface area contributed by atoms with Gasteiger partial charge in [-0.1, -0.05) is 39.7 Å². The van der Waals surface area contributed by atoms with Crippen LogP contribution in [0.1, 0.15) is 33.3 Å². The second-order valence-corrected chi connectivity index (χ2v) is 10.1. The fraction of sp³-hybridized carbons (Fsp3) is 0.364. The zero-order chi connectivity index (χ0) is 22.5. The number of amides is 2. The Labute approximate surface area is 199 Å². The first-order valence-corrected chi connectivity index (χ1v) is 11.4. The van der Waals surface area contributed by atoms with Crippen molar-refractivity contribution in [1.29, 1.82) is 0 Å². The quantitative estimate of drug-likeness (QED) is 0.481. The van der Waals surface area contributed by atoms with Gasteiger partial charge in [0.15, 0.2) is 6.61 Å². The van der Waals surface area contributed by atoms with Crippen LogP contribution >= 0.6 is 43.5 Å². The molecule has 2 aromatic rings. The van der Waals surface area contributed by atoms with Gasteiger partial charge in [0.1, 0.15) is 11.8 Å². The molecule has 0 saturated heterocycles. The summed E-state index contributed by atoms with van der Waals surface area (Å²) >= 11 is 12.7. The lowest BCUT2D eigenvalue weighted by atomic mass is 10.1. The smallest absolute Gasteiger partial charge is 0.261 e. The number of rotatable bonds is 7. The van der Waals surface area contributed by atoms with Crippen molar-refractivity contribution in [3.8, 4) is 5.75 Å². The average molecular weight is 561 g/mol. The van der Waals surface area contributed by atoms with Gasteiger partial charge < -0.3 is 15.0 Å². The van der Waals surface area contributed by atoms with E-state index in [1.807, 2.05) is 45.0 Å². The molecule has 0 aliphatic carbocycles. The molecule has 5 nitrogen and oxygen atoms in total. The largest absolute Gasteiger partial charge is 0.483 e. The predicted octanol–water partition coefficient (Wildman–Crippen LogP) is 5.58. The van der Waals surface area contributed by atoms with Crippen molar-refractivity contribution in [2.75, 3.05) is 6.61 Å². The van der Waals surface area contributed by atoms with Gasteiger partial charge in [-0.05, 0) is 79.5 Å². The third-order valence-electron chi connectivity index (χ3n) is 4.18. The van der Waals surface area contributed by atoms with Gasteiger partial charge in [-0.25, -0.2) is 0 Å². The zero-order valence-electron chi connectivity index (χ0n) is 17.3. The Bertz CT molecular complexity index is 898. The molecular weight excluding hydrogens is 536 g/mol. The lowest BCUT2D eigenvalue weighted by Gasteiger charge is -2.31. The van der Waals surface area contributed by atoms with Crippen LogP contribution in [-0.2, 0) is 16.1 Å². The van der Waals surface area contributed by atoms with Gasteiger partial charge in [0.2, 0.25) is 5.91 Å². The van der Waals surface area contributed by atoms with Crippen molar-refractivity contribution in [3.05, 3.63) is 62.0 Å². The molecule has 2 rings (SSSR count). The summed E-state index contributed by atoms with van der Waals surface area (Å²) in [5, 5.41) is 3.50. The average Bonchev–Trinajstić information content (AvgIpc) is 2.64. The number of ether oxygens (including phenoxy) is 1. The Kier molecular flexibility index (Phi) is 8.76. The Hall–Kier alpha value is -1.57. The first kappa shape index (κ1) is 24.7. The van der Waals surface area contributed by atoms with E-state index < -0.39 is 11.6 Å². The van der Waals surface area contributed by atoms with Crippen molar-refractivity contribution in [2.45, 2.75) is 45.8 Å². The molecule has 0 spiro atoms. The van der Waals surface area contributed by atoms with Gasteiger partial charge in [0.25, 0.3) is 5.91 Å². The standard InChI is InChI=1S/C22H25Br2ClN2O3/c1-14(21(29)26-22(2,3)4)27(12-15-5-7-16(23)8-6-15)20(28)13-30-19-10-9-17(25)11-18(19)24/h5-11,14H,12-13H2,1-4H3,(H,26,29)/t14-/m1/s1. The molecule has 30 heavy (non-hydrogen) atoms. The van der Waals surface area contributed by atoms with E-state index in [9.17, 15) is 9.59 Å². The molecule has 0 radical (unpaired) electrons. The first-order valence-electron chi connectivity index (χ1n) is 9.40. The van der Waals surface area contributed by atoms with Crippen molar-refractivity contribution in [1.82, 2.24) is 10.2 Å². The molecule has 0 heterocycles. The lowest BCUT2D eigenvalue weighted by molar-refractivity contribution is -0.142. The monoisotopic (exact) mass is 558 g/mol. The highest BCUT2D eigenvalue weighted by Crippen LogP contribution is 2.28. The van der Waals surface area contributed by atoms with Gasteiger partial charge in [-0.2, -0.15) is 0 Å². The molecule has 1 N–H and O–H groups in total. The molecule has 1 atom stereocenters. The van der Waals surface area contributed by atoms with E-state index in [1.54, 1.807) is 25.1 Å². The number of benzene rings is 2. The number of carbonyl (C=O) groups is 2. The van der Waals surface area contributed by atoms with E-state index >= 15 is 0 Å². The number of halogens is 3. The van der Waals surface area contributed by atoms with Crippen LogP contribution in [0, 0.1) is 0 Å². The van der Waals surface area contributed by atoms with Crippen LogP contribution in [0.4, 0.5) is 0 Å². The van der Waals surface area contributed by atoms with Crippen LogP contribution in [0.2, 0.25) is 5.02 Å². The van der Waals surface area contributed by atoms with E-state index in [1.165, 1.54) is 4.90 Å². The fourth-order valence-electron chi connectivity index (χ4n) is 2.66. The van der Waals surface area contributed by atoms with E-state index in [0.717, 1.165) is 10.0 Å². The number of nitrogens with one attached hydrogen (secondary N) is 1. The summed E-state index contributed by atoms with van der Waals surface area (Å²) in [5.74, 6) is -0.0138. The summed E-state index contributed by atoms with van der Waals surface area (Å²) < 4.78 is 7.28. The van der Waals surface area contributed by atoms with E-state index in [2.05, 4.69) is 37.2 Å². The predicted molar refractivity (Wildman–Crippen MR) is 127 cm³/mol. The Morgan fingerprint density at radius 1 is 1.13 bits per heavy atom. The molecule has 0 fully saturated rings. The number of hydrogen-bond acceptors (Lipinski definition) is 3. The summed E-state index contributed by atoms with van der Waals surface area (Å²) in [6.07, 6.45) is 0. The molecule has 0 aliphatic rings. The number of hydrogen-bond donors (Lipinski definition) is 1. The lowest BCUT2D eigenvalue weighted by Crippen LogP contribution is -2.53. The van der Waals surface area contributed by atoms with Gasteiger partial charge in [0, 0.05) is 21.6 Å². The molecule has 162 valence electrons. The summed E-state index contributed by atoms with van der Waals surface area (Å²) in [7, 11) is 0. The fourth-order valence-corrected chi connectivity index (χ4v) is 3.72. The van der Waals surface area contributed by atoms with Crippen LogP contribution in [0.25, 0.3) is 0 Å². The molecular formula is C22H25Br2ClN2O3. The minimum Gasteiger partial charge on any atom is -0.483 e. The molecule has 0 aliphatic heterocycles. The Morgan fingerprint density at radius 3 is 2.33 bits per heavy atom. The summed E-state index contributed by atoms with van der Waals surface area (Å²) in [6.45, 7) is 7.51. The summed E-state index contributed by atoms with van der Waals surface area (Å²) in [5.41, 5.74) is 0.511. The second kappa shape index (κ2) is 10.6. The summed E-state index contributed by atoms with van der Waals surface area (Å²) in [4.78, 5) is 27.3. The molecule has 0 unspecified atom stereocenters. The van der Waals surface area contributed by atoms with Crippen molar-refractivity contribution in [2.24, 2.45) is 0 Å². The molecule has 2 amide bonds. The topological polar surface area (TPSA) is 58.6 Å². The molecule has 2 aromatic carbocycles. The highest BCUT2D eigenvalue weighted by atomic mass is 79.9. The van der Waals surface area contributed by atoms with Crippen molar-refractivity contribution in [3.63, 3.8) is 0 Å². The molecule has 8 heteroatoms. The van der Waals surface area contributed by atoms with Crippen LogP contribution < -0.4 is 10.1 Å². The van der Waals surface area contributed by atoms with E-state index in [4.69, 9.17) is 16.3 Å². The third-order valence-corrected chi connectivity index (χ3v) is 5.56. The first-order chi connectivity index (χ1) is 14.0. The minimum atomic E-state index is -0.669. The van der Waals surface area contributed by atoms with E-state index in [-0.39, 0.29) is 25.0 Å². The third kappa shape index (κ3) is 7.60. The highest BCUT2D eigenvalue weighted by Gasteiger charge is 2.28. The molecule has 0 bridgehead atoms. The van der Waals surface area contributed by atoms with Gasteiger partial charge in [0.05, 0.1) is 4.47 Å². The maximum Gasteiger partial charge on any atom is 0.261 e. The van der Waals surface area contributed by atoms with E-state index in [0.29, 0.717) is 15.2 Å².